The third-order valence-corrected chi connectivity index (χ3v) is 2.93. The largest absolute Gasteiger partial charge is 0.497 e. The Morgan fingerprint density at radius 3 is 2.04 bits per heavy atom. The second kappa shape index (κ2) is 11.4. The summed E-state index contributed by atoms with van der Waals surface area (Å²) in [5.74, 6) is 0.229. The molecule has 1 aromatic carbocycles. The van der Waals surface area contributed by atoms with Crippen LogP contribution in [0, 0.1) is 0 Å². The third kappa shape index (κ3) is 9.91. The number of nitrogens with one attached hydrogen (secondary N) is 1. The molecule has 1 N–H and O–H groups in total. The summed E-state index contributed by atoms with van der Waals surface area (Å²) >= 11 is 0. The number of amides is 1. The fourth-order valence-corrected chi connectivity index (χ4v) is 1.95. The van der Waals surface area contributed by atoms with Gasteiger partial charge in [0.1, 0.15) is 17.4 Å². The highest BCUT2D eigenvalue weighted by molar-refractivity contribution is 5.81. The number of benzene rings is 1. The molecule has 1 rings (SSSR count). The Hall–Kier alpha value is -2.24. The summed E-state index contributed by atoms with van der Waals surface area (Å²) < 4.78 is 15.6. The molecule has 6 nitrogen and oxygen atoms in total. The predicted octanol–water partition coefficient (Wildman–Crippen LogP) is 4.11. The number of ether oxygens (including phenoxy) is 3. The number of carbonyl (C=O) groups excluding carboxylic acids is 2. The molecular formula is C20H33NO5. The summed E-state index contributed by atoms with van der Waals surface area (Å²) in [5.41, 5.74) is 0.231. The third-order valence-electron chi connectivity index (χ3n) is 2.93. The van der Waals surface area contributed by atoms with E-state index < -0.39 is 23.7 Å². The van der Waals surface area contributed by atoms with Crippen LogP contribution in [0.2, 0.25) is 0 Å². The summed E-state index contributed by atoms with van der Waals surface area (Å²) in [4.78, 5) is 24.3. The number of alkyl carbamates (subject to hydrolysis) is 1. The lowest BCUT2D eigenvalue weighted by Gasteiger charge is -2.23. The average molecular weight is 367 g/mol. The minimum Gasteiger partial charge on any atom is -0.497 e. The molecule has 0 aliphatic carbocycles. The van der Waals surface area contributed by atoms with Gasteiger partial charge in [0.05, 0.1) is 13.2 Å². The van der Waals surface area contributed by atoms with Gasteiger partial charge in [-0.05, 0) is 52.3 Å². The first kappa shape index (κ1) is 23.8. The number of rotatable bonds is 6. The van der Waals surface area contributed by atoms with Crippen LogP contribution in [-0.4, -0.2) is 36.9 Å². The molecule has 1 atom stereocenters. The quantitative estimate of drug-likeness (QED) is 0.766. The van der Waals surface area contributed by atoms with Gasteiger partial charge in [-0.25, -0.2) is 9.59 Å². The molecule has 0 unspecified atom stereocenters. The van der Waals surface area contributed by atoms with Gasteiger partial charge in [-0.3, -0.25) is 0 Å². The highest BCUT2D eigenvalue weighted by Crippen LogP contribution is 2.14. The van der Waals surface area contributed by atoms with Crippen molar-refractivity contribution in [3.63, 3.8) is 0 Å². The minimum atomic E-state index is -0.823. The van der Waals surface area contributed by atoms with Crippen molar-refractivity contribution in [3.8, 4) is 5.75 Å². The van der Waals surface area contributed by atoms with Crippen molar-refractivity contribution >= 4 is 12.1 Å². The van der Waals surface area contributed by atoms with E-state index in [1.807, 2.05) is 26.0 Å². The number of carbonyl (C=O) groups is 2. The van der Waals surface area contributed by atoms with Gasteiger partial charge in [0.25, 0.3) is 0 Å². The van der Waals surface area contributed by atoms with Crippen molar-refractivity contribution in [2.24, 2.45) is 0 Å². The topological polar surface area (TPSA) is 73.9 Å². The Balaban J connectivity index is 0.00000301. The van der Waals surface area contributed by atoms with Crippen molar-refractivity contribution in [2.75, 3.05) is 7.11 Å². The molecule has 0 heterocycles. The SMILES string of the molecule is CC.COc1ccc(C[C@@H](NC(=O)OC(C)(C)C)C(=O)OC(C)C)cc1. The zero-order valence-corrected chi connectivity index (χ0v) is 17.2. The van der Waals surface area contributed by atoms with Crippen LogP contribution < -0.4 is 10.1 Å². The summed E-state index contributed by atoms with van der Waals surface area (Å²) in [6.07, 6.45) is -0.618. The van der Waals surface area contributed by atoms with Crippen LogP contribution in [0.5, 0.6) is 5.75 Å². The van der Waals surface area contributed by atoms with Crippen LogP contribution >= 0.6 is 0 Å². The Morgan fingerprint density at radius 1 is 1.08 bits per heavy atom. The molecule has 0 fully saturated rings. The molecule has 1 aromatic rings. The molecule has 0 saturated heterocycles. The van der Waals surface area contributed by atoms with Gasteiger partial charge >= 0.3 is 12.1 Å². The van der Waals surface area contributed by atoms with E-state index in [4.69, 9.17) is 14.2 Å². The highest BCUT2D eigenvalue weighted by atomic mass is 16.6. The summed E-state index contributed by atoms with van der Waals surface area (Å²) in [5, 5.41) is 2.59. The molecule has 148 valence electrons. The minimum absolute atomic E-state index is 0.267. The zero-order chi connectivity index (χ0) is 20.3. The number of methoxy groups -OCH3 is 1. The van der Waals surface area contributed by atoms with Crippen LogP contribution in [0.1, 0.15) is 54.0 Å². The van der Waals surface area contributed by atoms with E-state index in [0.717, 1.165) is 11.3 Å². The molecule has 0 spiro atoms. The monoisotopic (exact) mass is 367 g/mol. The van der Waals surface area contributed by atoms with E-state index >= 15 is 0 Å². The predicted molar refractivity (Wildman–Crippen MR) is 102 cm³/mol. The lowest BCUT2D eigenvalue weighted by atomic mass is 10.1. The van der Waals surface area contributed by atoms with Gasteiger partial charge in [-0.15, -0.1) is 0 Å². The number of hydrogen-bond donors (Lipinski definition) is 1. The van der Waals surface area contributed by atoms with Crippen molar-refractivity contribution in [3.05, 3.63) is 29.8 Å². The molecule has 0 bridgehead atoms. The molecule has 6 heteroatoms. The Labute approximate surface area is 157 Å². The van der Waals surface area contributed by atoms with Crippen LogP contribution in [0.15, 0.2) is 24.3 Å². The van der Waals surface area contributed by atoms with Crippen molar-refractivity contribution < 1.29 is 23.8 Å². The van der Waals surface area contributed by atoms with Crippen molar-refractivity contribution in [2.45, 2.75) is 72.6 Å². The smallest absolute Gasteiger partial charge is 0.408 e. The van der Waals surface area contributed by atoms with E-state index in [1.165, 1.54) is 0 Å². The molecule has 0 radical (unpaired) electrons. The van der Waals surface area contributed by atoms with E-state index in [-0.39, 0.29) is 6.10 Å². The van der Waals surface area contributed by atoms with E-state index in [1.54, 1.807) is 53.9 Å². The van der Waals surface area contributed by atoms with E-state index in [2.05, 4.69) is 5.32 Å². The Morgan fingerprint density at radius 2 is 1.62 bits per heavy atom. The number of esters is 1. The maximum absolute atomic E-state index is 12.3. The summed E-state index contributed by atoms with van der Waals surface area (Å²) in [6.45, 7) is 12.8. The van der Waals surface area contributed by atoms with Crippen LogP contribution in [0.3, 0.4) is 0 Å². The van der Waals surface area contributed by atoms with E-state index in [9.17, 15) is 9.59 Å². The first-order valence-electron chi connectivity index (χ1n) is 8.93. The first-order chi connectivity index (χ1) is 12.1. The zero-order valence-electron chi connectivity index (χ0n) is 17.2. The lowest BCUT2D eigenvalue weighted by molar-refractivity contribution is -0.149. The first-order valence-corrected chi connectivity index (χ1v) is 8.93. The van der Waals surface area contributed by atoms with E-state index in [0.29, 0.717) is 6.42 Å². The van der Waals surface area contributed by atoms with Gasteiger partial charge in [0, 0.05) is 6.42 Å². The van der Waals surface area contributed by atoms with Gasteiger partial charge in [0.2, 0.25) is 0 Å². The number of hydrogen-bond acceptors (Lipinski definition) is 5. The summed E-state index contributed by atoms with van der Waals surface area (Å²) in [7, 11) is 1.59. The second-order valence-electron chi connectivity index (χ2n) is 6.74. The van der Waals surface area contributed by atoms with Crippen molar-refractivity contribution in [1.29, 1.82) is 0 Å². The molecule has 1 amide bonds. The van der Waals surface area contributed by atoms with Crippen molar-refractivity contribution in [1.82, 2.24) is 5.32 Å². The normalized spacial score (nSPS) is 11.7. The molecule has 0 saturated carbocycles. The van der Waals surface area contributed by atoms with Crippen LogP contribution in [-0.2, 0) is 20.7 Å². The molecule has 26 heavy (non-hydrogen) atoms. The molecular weight excluding hydrogens is 334 g/mol. The maximum atomic E-state index is 12.3. The average Bonchev–Trinajstić information content (AvgIpc) is 2.54. The maximum Gasteiger partial charge on any atom is 0.408 e. The Bertz CT molecular complexity index is 546. The second-order valence-corrected chi connectivity index (χ2v) is 6.74. The standard InChI is InChI=1S/C18H27NO5.C2H6/c1-12(2)23-16(20)15(19-17(21)24-18(3,4)5)11-13-7-9-14(22-6)10-8-13;1-2/h7-10,12,15H,11H2,1-6H3,(H,19,21);1-2H3/t15-;/m1./s1. The van der Waals surface area contributed by atoms with Gasteiger partial charge in [-0.2, -0.15) is 0 Å². The highest BCUT2D eigenvalue weighted by Gasteiger charge is 2.26. The van der Waals surface area contributed by atoms with Crippen LogP contribution in [0.25, 0.3) is 0 Å². The fraction of sp³-hybridized carbons (Fsp3) is 0.600. The molecule has 0 aliphatic heterocycles. The lowest BCUT2D eigenvalue weighted by Crippen LogP contribution is -2.46. The molecule has 0 aromatic heterocycles. The molecule has 0 aliphatic rings. The van der Waals surface area contributed by atoms with Gasteiger partial charge in [0.15, 0.2) is 0 Å². The van der Waals surface area contributed by atoms with Gasteiger partial charge < -0.3 is 19.5 Å². The van der Waals surface area contributed by atoms with Gasteiger partial charge in [-0.1, -0.05) is 26.0 Å². The summed E-state index contributed by atoms with van der Waals surface area (Å²) in [6, 6.07) is 6.45. The Kier molecular flexibility index (Phi) is 10.4. The fourth-order valence-electron chi connectivity index (χ4n) is 1.95. The van der Waals surface area contributed by atoms with Crippen LogP contribution in [0.4, 0.5) is 4.79 Å².